The molecule has 0 heterocycles. The maximum absolute atomic E-state index is 12.1. The summed E-state index contributed by atoms with van der Waals surface area (Å²) in [5.74, 6) is 0.357. The van der Waals surface area contributed by atoms with E-state index in [0.29, 0.717) is 15.8 Å². The largest absolute Gasteiger partial charge is 0.482 e. The molecule has 0 N–H and O–H groups in total. The van der Waals surface area contributed by atoms with E-state index in [1.165, 1.54) is 0 Å². The predicted molar refractivity (Wildman–Crippen MR) is 79.1 cm³/mol. The molecule has 0 bridgehead atoms. The summed E-state index contributed by atoms with van der Waals surface area (Å²) in [5, 5.41) is 0.967. The number of carbonyl (C=O) groups excluding carboxylic acids is 1. The molecule has 5 heteroatoms. The van der Waals surface area contributed by atoms with Crippen LogP contribution in [0.15, 0.2) is 18.2 Å². The monoisotopic (exact) mass is 303 g/mol. The third kappa shape index (κ3) is 4.59. The Morgan fingerprint density at radius 2 is 1.79 bits per heavy atom. The van der Waals surface area contributed by atoms with Crippen molar-refractivity contribution >= 4 is 29.1 Å². The van der Waals surface area contributed by atoms with Gasteiger partial charge in [-0.25, -0.2) is 0 Å². The highest BCUT2D eigenvalue weighted by Crippen LogP contribution is 2.27. The average Bonchev–Trinajstić information content (AvgIpc) is 2.29. The Hall–Kier alpha value is -0.930. The molecule has 19 heavy (non-hydrogen) atoms. The summed E-state index contributed by atoms with van der Waals surface area (Å²) in [6.45, 7) is 7.86. The summed E-state index contributed by atoms with van der Waals surface area (Å²) < 4.78 is 5.45. The van der Waals surface area contributed by atoms with Crippen LogP contribution < -0.4 is 4.74 Å². The van der Waals surface area contributed by atoms with E-state index >= 15 is 0 Å². The lowest BCUT2D eigenvalue weighted by Gasteiger charge is -2.30. The minimum absolute atomic E-state index is 0.0452. The zero-order chi connectivity index (χ0) is 14.6. The number of amides is 1. The van der Waals surface area contributed by atoms with Gasteiger partial charge in [-0.2, -0.15) is 0 Å². The summed E-state index contributed by atoms with van der Waals surface area (Å²) in [6.07, 6.45) is 0. The number of ether oxygens (including phenoxy) is 1. The number of halogens is 2. The van der Waals surface area contributed by atoms with Gasteiger partial charge < -0.3 is 9.64 Å². The van der Waals surface area contributed by atoms with Gasteiger partial charge in [-0.1, -0.05) is 23.2 Å². The fourth-order valence-electron chi connectivity index (χ4n) is 1.97. The molecule has 0 aliphatic heterocycles. The van der Waals surface area contributed by atoms with Gasteiger partial charge in [0.15, 0.2) is 6.61 Å². The molecule has 0 unspecified atom stereocenters. The molecule has 0 spiro atoms. The Kier molecular flexibility index (Phi) is 5.95. The Balaban J connectivity index is 2.70. The van der Waals surface area contributed by atoms with Crippen molar-refractivity contribution in [2.45, 2.75) is 39.8 Å². The van der Waals surface area contributed by atoms with Crippen LogP contribution in [0.4, 0.5) is 0 Å². The molecule has 0 aliphatic rings. The van der Waals surface area contributed by atoms with Crippen LogP contribution >= 0.6 is 23.2 Å². The fourth-order valence-corrected chi connectivity index (χ4v) is 2.31. The second kappa shape index (κ2) is 7.01. The van der Waals surface area contributed by atoms with Crippen molar-refractivity contribution in [3.8, 4) is 5.75 Å². The van der Waals surface area contributed by atoms with Crippen LogP contribution in [0.3, 0.4) is 0 Å². The minimum atomic E-state index is -0.0685. The maximum atomic E-state index is 12.1. The van der Waals surface area contributed by atoms with Crippen molar-refractivity contribution in [2.75, 3.05) is 6.61 Å². The SMILES string of the molecule is CC(C)N(C(=O)COc1cc(Cl)ccc1Cl)C(C)C. The van der Waals surface area contributed by atoms with Crippen LogP contribution in [0.5, 0.6) is 5.75 Å². The summed E-state index contributed by atoms with van der Waals surface area (Å²) in [4.78, 5) is 13.9. The minimum Gasteiger partial charge on any atom is -0.482 e. The molecule has 1 aromatic rings. The lowest BCUT2D eigenvalue weighted by Crippen LogP contribution is -2.44. The molecule has 1 rings (SSSR count). The standard InChI is InChI=1S/C14H19Cl2NO2/c1-9(2)17(10(3)4)14(18)8-19-13-7-11(15)5-6-12(13)16/h5-7,9-10H,8H2,1-4H3. The van der Waals surface area contributed by atoms with Crippen molar-refractivity contribution in [1.82, 2.24) is 4.90 Å². The van der Waals surface area contributed by atoms with E-state index in [9.17, 15) is 4.79 Å². The molecule has 0 aliphatic carbocycles. The highest BCUT2D eigenvalue weighted by atomic mass is 35.5. The Morgan fingerprint density at radius 3 is 2.32 bits per heavy atom. The van der Waals surface area contributed by atoms with Gasteiger partial charge in [-0.3, -0.25) is 4.79 Å². The van der Waals surface area contributed by atoms with Gasteiger partial charge in [0, 0.05) is 23.2 Å². The molecule has 0 aromatic heterocycles. The molecule has 0 atom stereocenters. The summed E-state index contributed by atoms with van der Waals surface area (Å²) >= 11 is 11.8. The molecule has 0 saturated carbocycles. The molecule has 1 amide bonds. The maximum Gasteiger partial charge on any atom is 0.260 e. The zero-order valence-corrected chi connectivity index (χ0v) is 13.1. The van der Waals surface area contributed by atoms with E-state index in [0.717, 1.165) is 0 Å². The second-order valence-electron chi connectivity index (χ2n) is 4.85. The van der Waals surface area contributed by atoms with Crippen molar-refractivity contribution in [3.63, 3.8) is 0 Å². The zero-order valence-electron chi connectivity index (χ0n) is 11.6. The van der Waals surface area contributed by atoms with Gasteiger partial charge in [-0.15, -0.1) is 0 Å². The molecule has 1 aromatic carbocycles. The van der Waals surface area contributed by atoms with Crippen LogP contribution in [0.25, 0.3) is 0 Å². The third-order valence-electron chi connectivity index (χ3n) is 2.65. The molecule has 106 valence electrons. The van der Waals surface area contributed by atoms with Crippen molar-refractivity contribution in [1.29, 1.82) is 0 Å². The highest BCUT2D eigenvalue weighted by Gasteiger charge is 2.20. The van der Waals surface area contributed by atoms with Gasteiger partial charge in [0.1, 0.15) is 5.75 Å². The first kappa shape index (κ1) is 16.1. The van der Waals surface area contributed by atoms with Crippen molar-refractivity contribution in [2.24, 2.45) is 0 Å². The first-order valence-corrected chi connectivity index (χ1v) is 6.97. The lowest BCUT2D eigenvalue weighted by molar-refractivity contribution is -0.136. The molecular formula is C14H19Cl2NO2. The van der Waals surface area contributed by atoms with Crippen LogP contribution in [0.2, 0.25) is 10.0 Å². The van der Waals surface area contributed by atoms with Gasteiger partial charge in [0.2, 0.25) is 0 Å². The van der Waals surface area contributed by atoms with Crippen LogP contribution in [-0.2, 0) is 4.79 Å². The van der Waals surface area contributed by atoms with E-state index in [4.69, 9.17) is 27.9 Å². The number of hydrogen-bond acceptors (Lipinski definition) is 2. The molecular weight excluding hydrogens is 285 g/mol. The highest BCUT2D eigenvalue weighted by molar-refractivity contribution is 6.34. The topological polar surface area (TPSA) is 29.5 Å². The van der Waals surface area contributed by atoms with E-state index in [1.54, 1.807) is 23.1 Å². The first-order valence-electron chi connectivity index (χ1n) is 6.22. The van der Waals surface area contributed by atoms with E-state index in [1.807, 2.05) is 27.7 Å². The number of carbonyl (C=O) groups is 1. The molecule has 0 fully saturated rings. The van der Waals surface area contributed by atoms with Gasteiger partial charge in [-0.05, 0) is 39.8 Å². The quantitative estimate of drug-likeness (QED) is 0.822. The second-order valence-corrected chi connectivity index (χ2v) is 5.70. The normalized spacial score (nSPS) is 10.9. The number of benzene rings is 1. The van der Waals surface area contributed by atoms with Crippen LogP contribution in [0, 0.1) is 0 Å². The summed E-state index contributed by atoms with van der Waals surface area (Å²) in [5.41, 5.74) is 0. The Bertz CT molecular complexity index is 439. The molecule has 0 saturated heterocycles. The molecule has 3 nitrogen and oxygen atoms in total. The van der Waals surface area contributed by atoms with Crippen molar-refractivity contribution < 1.29 is 9.53 Å². The summed E-state index contributed by atoms with van der Waals surface area (Å²) in [7, 11) is 0. The Labute approximate surface area is 124 Å². The van der Waals surface area contributed by atoms with Gasteiger partial charge in [0.05, 0.1) is 5.02 Å². The third-order valence-corrected chi connectivity index (χ3v) is 3.19. The van der Waals surface area contributed by atoms with Gasteiger partial charge in [0.25, 0.3) is 5.91 Å². The lowest BCUT2D eigenvalue weighted by atomic mass is 10.2. The van der Waals surface area contributed by atoms with Crippen molar-refractivity contribution in [3.05, 3.63) is 28.2 Å². The average molecular weight is 304 g/mol. The van der Waals surface area contributed by atoms with Gasteiger partial charge >= 0.3 is 0 Å². The predicted octanol–water partition coefficient (Wildman–Crippen LogP) is 4.02. The number of hydrogen-bond donors (Lipinski definition) is 0. The Morgan fingerprint density at radius 1 is 1.21 bits per heavy atom. The van der Waals surface area contributed by atoms with Crippen LogP contribution in [-0.4, -0.2) is 29.5 Å². The summed E-state index contributed by atoms with van der Waals surface area (Å²) in [6, 6.07) is 5.18. The first-order chi connectivity index (χ1) is 8.82. The molecule has 0 radical (unpaired) electrons. The van der Waals surface area contributed by atoms with E-state index < -0.39 is 0 Å². The smallest absolute Gasteiger partial charge is 0.260 e. The number of nitrogens with zero attached hydrogens (tertiary/aromatic N) is 1. The van der Waals surface area contributed by atoms with Crippen LogP contribution in [0.1, 0.15) is 27.7 Å². The van der Waals surface area contributed by atoms with E-state index in [2.05, 4.69) is 0 Å². The fraction of sp³-hybridized carbons (Fsp3) is 0.500. The van der Waals surface area contributed by atoms with E-state index in [-0.39, 0.29) is 24.6 Å². The number of rotatable bonds is 5.